The van der Waals surface area contributed by atoms with E-state index in [1.807, 2.05) is 18.2 Å². The van der Waals surface area contributed by atoms with Gasteiger partial charge < -0.3 is 0 Å². The maximum Gasteiger partial charge on any atom is 0.0267 e. The fraction of sp³-hybridized carbons (Fsp3) is 0.125. The summed E-state index contributed by atoms with van der Waals surface area (Å²) in [5.74, 6) is 0. The van der Waals surface area contributed by atoms with Crippen molar-refractivity contribution in [3.05, 3.63) is 43.2 Å². The molecule has 1 atom stereocenters. The van der Waals surface area contributed by atoms with Crippen molar-refractivity contribution in [2.45, 2.75) is 0 Å². The summed E-state index contributed by atoms with van der Waals surface area (Å²) in [4.78, 5) is 3.78. The van der Waals surface area contributed by atoms with Crippen LogP contribution in [0.25, 0.3) is 0 Å². The van der Waals surface area contributed by atoms with Crippen molar-refractivity contribution in [2.75, 3.05) is 6.61 Å². The molecule has 0 aliphatic heterocycles. The predicted molar refractivity (Wildman–Crippen MR) is 58.3 cm³/mol. The number of nitrogens with zero attached hydrogens (tertiary/aromatic N) is 1. The molecule has 1 heterocycles. The van der Waals surface area contributed by atoms with Gasteiger partial charge in [-0.2, -0.15) is 4.21 Å². The van der Waals surface area contributed by atoms with Gasteiger partial charge in [0.05, 0.1) is 6.61 Å². The van der Waals surface area contributed by atoms with Gasteiger partial charge in [-0.1, -0.05) is 12.1 Å². The van der Waals surface area contributed by atoms with Crippen molar-refractivity contribution < 1.29 is 12.9 Å². The molecule has 1 N–H and O–H groups in total. The first-order valence-corrected chi connectivity index (χ1v) is 4.50. The molecule has 0 saturated carbocycles. The van der Waals surface area contributed by atoms with E-state index < -0.39 is 11.4 Å². The van der Waals surface area contributed by atoms with Crippen molar-refractivity contribution in [1.82, 2.24) is 4.98 Å². The van der Waals surface area contributed by atoms with Gasteiger partial charge in [-0.25, -0.2) is 0 Å². The number of pyridine rings is 1. The van der Waals surface area contributed by atoms with E-state index in [4.69, 9.17) is 4.55 Å². The molecule has 14 heavy (non-hydrogen) atoms. The minimum absolute atomic E-state index is 0. The van der Waals surface area contributed by atoms with E-state index in [0.717, 1.165) is 0 Å². The fourth-order valence-electron chi connectivity index (χ4n) is 0.419. The summed E-state index contributed by atoms with van der Waals surface area (Å²) in [5, 5.41) is 0. The van der Waals surface area contributed by atoms with E-state index in [9.17, 15) is 4.21 Å². The molecule has 0 aliphatic rings. The van der Waals surface area contributed by atoms with Gasteiger partial charge >= 0.3 is 40.9 Å². The zero-order valence-corrected chi connectivity index (χ0v) is 7.81. The van der Waals surface area contributed by atoms with Crippen LogP contribution in [-0.2, 0) is 15.5 Å². The van der Waals surface area contributed by atoms with Crippen molar-refractivity contribution >= 4 is 40.9 Å². The molecule has 0 fully saturated rings. The zero-order valence-electron chi connectivity index (χ0n) is 7.00. The van der Waals surface area contributed by atoms with Gasteiger partial charge in [0, 0.05) is 12.4 Å². The Labute approximate surface area is 108 Å². The number of hydrogen-bond acceptors (Lipinski definition) is 3. The summed E-state index contributed by atoms with van der Waals surface area (Å²) < 4.78 is 21.6. The van der Waals surface area contributed by atoms with Gasteiger partial charge in [0.25, 0.3) is 0 Å². The summed E-state index contributed by atoms with van der Waals surface area (Å²) in [5.41, 5.74) is 0. The molecule has 1 rings (SSSR count). The van der Waals surface area contributed by atoms with Gasteiger partial charge in [0.1, 0.15) is 0 Å². The minimum Gasteiger partial charge on any atom is -0.265 e. The molecule has 1 unspecified atom stereocenters. The van der Waals surface area contributed by atoms with E-state index in [2.05, 4.69) is 15.7 Å². The Morgan fingerprint density at radius 3 is 2.14 bits per heavy atom. The molecule has 0 aliphatic carbocycles. The van der Waals surface area contributed by atoms with Crippen molar-refractivity contribution in [3.8, 4) is 0 Å². The molecule has 1 aromatic rings. The molecule has 6 heteroatoms. The van der Waals surface area contributed by atoms with Gasteiger partial charge in [-0.3, -0.25) is 13.7 Å². The average molecular weight is 225 g/mol. The molecule has 0 radical (unpaired) electrons. The van der Waals surface area contributed by atoms with Crippen LogP contribution in [0.2, 0.25) is 0 Å². The summed E-state index contributed by atoms with van der Waals surface area (Å²) in [6.45, 7) is 3.38. The quantitative estimate of drug-likeness (QED) is 0.468. The van der Waals surface area contributed by atoms with Crippen LogP contribution in [0.1, 0.15) is 0 Å². The average Bonchev–Trinajstić information content (AvgIpc) is 2.18. The van der Waals surface area contributed by atoms with E-state index in [1.165, 1.54) is 6.08 Å². The number of rotatable bonds is 3. The van der Waals surface area contributed by atoms with Crippen LogP contribution in [0.15, 0.2) is 43.2 Å². The predicted octanol–water partition coefficient (Wildman–Crippen LogP) is 0.759. The zero-order chi connectivity index (χ0) is 9.94. The third-order valence-electron chi connectivity index (χ3n) is 0.853. The Balaban J connectivity index is 0. The maximum absolute atomic E-state index is 9.60. The molecule has 0 saturated heterocycles. The van der Waals surface area contributed by atoms with E-state index in [0.29, 0.717) is 0 Å². The molecular formula is C8H12NNaO3S. The van der Waals surface area contributed by atoms with Crippen molar-refractivity contribution in [2.24, 2.45) is 0 Å². The monoisotopic (exact) mass is 225 g/mol. The van der Waals surface area contributed by atoms with Crippen LogP contribution in [0.3, 0.4) is 0 Å². The minimum atomic E-state index is -2.14. The Morgan fingerprint density at radius 1 is 1.43 bits per heavy atom. The summed E-state index contributed by atoms with van der Waals surface area (Å²) >= 11 is -2.14. The number of hydrogen-bond donors (Lipinski definition) is 1. The first-order valence-electron chi connectivity index (χ1n) is 3.47. The van der Waals surface area contributed by atoms with E-state index >= 15 is 0 Å². The number of aromatic nitrogens is 1. The smallest absolute Gasteiger partial charge is 0.0267 e. The topological polar surface area (TPSA) is 59.4 Å². The SMILES string of the molecule is C=CCOS(=O)O.[NaH].c1ccncc1. The Bertz CT molecular complexity index is 219. The van der Waals surface area contributed by atoms with Gasteiger partial charge in [0.2, 0.25) is 0 Å². The van der Waals surface area contributed by atoms with Crippen LogP contribution in [0.4, 0.5) is 0 Å². The Kier molecular flexibility index (Phi) is 15.2. The van der Waals surface area contributed by atoms with E-state index in [-0.39, 0.29) is 36.2 Å². The van der Waals surface area contributed by atoms with Crippen LogP contribution in [0, 0.1) is 0 Å². The Hall–Kier alpha value is -0.0400. The normalized spacial score (nSPS) is 10.1. The van der Waals surface area contributed by atoms with Crippen molar-refractivity contribution in [3.63, 3.8) is 0 Å². The second-order valence-corrected chi connectivity index (χ2v) is 2.48. The first kappa shape index (κ1) is 16.4. The molecule has 74 valence electrons. The molecular weight excluding hydrogens is 213 g/mol. The molecule has 0 amide bonds. The Morgan fingerprint density at radius 2 is 2.00 bits per heavy atom. The second kappa shape index (κ2) is 13.0. The summed E-state index contributed by atoms with van der Waals surface area (Å²) in [6, 6.07) is 5.72. The maximum atomic E-state index is 9.60. The van der Waals surface area contributed by atoms with Crippen LogP contribution < -0.4 is 0 Å². The largest absolute Gasteiger partial charge is 0.265 e. The molecule has 4 nitrogen and oxygen atoms in total. The third kappa shape index (κ3) is 14.5. The fourth-order valence-corrected chi connectivity index (χ4v) is 0.632. The summed E-state index contributed by atoms with van der Waals surface area (Å²) in [7, 11) is 0. The molecule has 0 spiro atoms. The van der Waals surface area contributed by atoms with Gasteiger partial charge in [-0.05, 0) is 12.1 Å². The van der Waals surface area contributed by atoms with Crippen LogP contribution in [-0.4, -0.2) is 49.9 Å². The van der Waals surface area contributed by atoms with Crippen molar-refractivity contribution in [1.29, 1.82) is 0 Å². The summed E-state index contributed by atoms with van der Waals surface area (Å²) in [6.07, 6.45) is 4.90. The third-order valence-corrected chi connectivity index (χ3v) is 1.19. The standard InChI is InChI=1S/C5H5N.C3H6O3S.Na.H/c1-2-4-6-5-3-1;1-2-3-6-7(4)5;;/h1-5H;2H,1,3H2,(H,4,5);;. The first-order chi connectivity index (χ1) is 6.27. The van der Waals surface area contributed by atoms with Crippen LogP contribution in [0.5, 0.6) is 0 Å². The van der Waals surface area contributed by atoms with Crippen LogP contribution >= 0.6 is 0 Å². The second-order valence-electron chi connectivity index (χ2n) is 1.81. The van der Waals surface area contributed by atoms with E-state index in [1.54, 1.807) is 12.4 Å². The molecule has 0 aromatic carbocycles. The van der Waals surface area contributed by atoms with Gasteiger partial charge in [0.15, 0.2) is 0 Å². The molecule has 0 bridgehead atoms. The molecule has 1 aromatic heterocycles. The van der Waals surface area contributed by atoms with Gasteiger partial charge in [-0.15, -0.1) is 6.58 Å².